The number of hydrogen-bond donors (Lipinski definition) is 0. The summed E-state index contributed by atoms with van der Waals surface area (Å²) in [5.41, 5.74) is 0.574. The molecule has 1 aliphatic carbocycles. The number of halogens is 3. The highest BCUT2D eigenvalue weighted by Gasteiger charge is 2.18. The lowest BCUT2D eigenvalue weighted by atomic mass is 9.98. The molecular weight excluding hydrogens is 286 g/mol. The highest BCUT2D eigenvalue weighted by atomic mass is 79.9. The van der Waals surface area contributed by atoms with Gasteiger partial charge in [0.25, 0.3) is 0 Å². The second-order valence-corrected chi connectivity index (χ2v) is 5.97. The highest BCUT2D eigenvalue weighted by Crippen LogP contribution is 2.35. The minimum absolute atomic E-state index is 0.00343. The lowest BCUT2D eigenvalue weighted by Gasteiger charge is -2.14. The van der Waals surface area contributed by atoms with Crippen LogP contribution in [0.2, 0.25) is 0 Å². The van der Waals surface area contributed by atoms with Crippen molar-refractivity contribution in [2.75, 3.05) is 0 Å². The molecule has 0 spiro atoms. The molecular formula is C14H17BrF2. The molecule has 0 aromatic heterocycles. The van der Waals surface area contributed by atoms with Gasteiger partial charge in [-0.05, 0) is 24.8 Å². The van der Waals surface area contributed by atoms with Crippen molar-refractivity contribution in [1.29, 1.82) is 0 Å². The molecule has 0 aliphatic heterocycles. The van der Waals surface area contributed by atoms with Crippen LogP contribution in [-0.4, -0.2) is 0 Å². The van der Waals surface area contributed by atoms with E-state index in [2.05, 4.69) is 15.9 Å². The van der Waals surface area contributed by atoms with E-state index in [1.807, 2.05) is 0 Å². The Labute approximate surface area is 110 Å². The van der Waals surface area contributed by atoms with E-state index >= 15 is 0 Å². The van der Waals surface area contributed by atoms with Crippen LogP contribution in [0.4, 0.5) is 8.78 Å². The van der Waals surface area contributed by atoms with Gasteiger partial charge in [0.1, 0.15) is 11.6 Å². The number of rotatable bonds is 4. The van der Waals surface area contributed by atoms with Gasteiger partial charge in [-0.25, -0.2) is 8.78 Å². The maximum absolute atomic E-state index is 13.5. The van der Waals surface area contributed by atoms with Crippen LogP contribution in [0, 0.1) is 17.6 Å². The fraction of sp³-hybridized carbons (Fsp3) is 0.571. The van der Waals surface area contributed by atoms with E-state index in [1.54, 1.807) is 6.07 Å². The van der Waals surface area contributed by atoms with Gasteiger partial charge in [0.05, 0.1) is 0 Å². The van der Waals surface area contributed by atoms with Crippen molar-refractivity contribution < 1.29 is 8.78 Å². The topological polar surface area (TPSA) is 0 Å². The third-order valence-corrected chi connectivity index (χ3v) is 4.55. The van der Waals surface area contributed by atoms with Crippen LogP contribution in [0.25, 0.3) is 0 Å². The van der Waals surface area contributed by atoms with Crippen LogP contribution >= 0.6 is 15.9 Å². The van der Waals surface area contributed by atoms with Gasteiger partial charge in [-0.1, -0.05) is 47.7 Å². The first-order valence-electron chi connectivity index (χ1n) is 6.26. The van der Waals surface area contributed by atoms with E-state index < -0.39 is 11.6 Å². The molecule has 1 saturated carbocycles. The molecule has 94 valence electrons. The second-order valence-electron chi connectivity index (χ2n) is 4.86. The second kappa shape index (κ2) is 5.94. The van der Waals surface area contributed by atoms with Gasteiger partial charge in [-0.15, -0.1) is 0 Å². The lowest BCUT2D eigenvalue weighted by Crippen LogP contribution is -1.99. The molecule has 1 unspecified atom stereocenters. The average molecular weight is 303 g/mol. The van der Waals surface area contributed by atoms with Crippen molar-refractivity contribution >= 4 is 15.9 Å². The summed E-state index contributed by atoms with van der Waals surface area (Å²) in [5.74, 6) is -0.154. The molecule has 0 nitrogen and oxygen atoms in total. The van der Waals surface area contributed by atoms with Crippen molar-refractivity contribution in [3.05, 3.63) is 35.4 Å². The van der Waals surface area contributed by atoms with Crippen molar-refractivity contribution in [2.45, 2.75) is 43.4 Å². The number of benzene rings is 1. The molecule has 2 rings (SSSR count). The van der Waals surface area contributed by atoms with Crippen molar-refractivity contribution in [1.82, 2.24) is 0 Å². The van der Waals surface area contributed by atoms with Gasteiger partial charge in [0.2, 0.25) is 0 Å². The molecule has 1 aromatic carbocycles. The van der Waals surface area contributed by atoms with E-state index in [-0.39, 0.29) is 4.83 Å². The summed E-state index contributed by atoms with van der Waals surface area (Å²) in [6.45, 7) is 0. The third-order valence-electron chi connectivity index (χ3n) is 3.60. The van der Waals surface area contributed by atoms with Crippen molar-refractivity contribution in [3.63, 3.8) is 0 Å². The molecule has 0 amide bonds. The van der Waals surface area contributed by atoms with E-state index in [9.17, 15) is 8.78 Å². The summed E-state index contributed by atoms with van der Waals surface area (Å²) in [7, 11) is 0. The molecule has 0 radical (unpaired) electrons. The van der Waals surface area contributed by atoms with Crippen LogP contribution < -0.4 is 0 Å². The van der Waals surface area contributed by atoms with Gasteiger partial charge < -0.3 is 0 Å². The van der Waals surface area contributed by atoms with E-state index in [0.717, 1.165) is 24.8 Å². The Bertz CT molecular complexity index is 372. The molecule has 0 heterocycles. The molecule has 1 aliphatic rings. The minimum atomic E-state index is -0.512. The largest absolute Gasteiger partial charge is 0.207 e. The fourth-order valence-electron chi connectivity index (χ4n) is 2.59. The van der Waals surface area contributed by atoms with Gasteiger partial charge in [-0.3, -0.25) is 0 Å². The Morgan fingerprint density at radius 2 is 1.94 bits per heavy atom. The Hall–Kier alpha value is -0.440. The van der Waals surface area contributed by atoms with E-state index in [0.29, 0.717) is 5.56 Å². The Kier molecular flexibility index (Phi) is 4.55. The number of hydrogen-bond acceptors (Lipinski definition) is 0. The smallest absolute Gasteiger partial charge is 0.130 e. The Balaban J connectivity index is 1.91. The predicted octanol–water partition coefficient (Wildman–Crippen LogP) is 5.37. The van der Waals surface area contributed by atoms with Gasteiger partial charge in [0, 0.05) is 16.5 Å². The standard InChI is InChI=1S/C14H17BrF2/c15-13(8-5-10-3-1-2-4-10)12-7-6-11(16)9-14(12)17/h6-7,9-10,13H,1-5,8H2. The molecule has 3 heteroatoms. The van der Waals surface area contributed by atoms with Gasteiger partial charge >= 0.3 is 0 Å². The summed E-state index contributed by atoms with van der Waals surface area (Å²) in [4.78, 5) is 0.00343. The van der Waals surface area contributed by atoms with E-state index in [1.165, 1.54) is 31.7 Å². The summed E-state index contributed by atoms with van der Waals surface area (Å²) < 4.78 is 26.3. The van der Waals surface area contributed by atoms with Crippen LogP contribution in [0.3, 0.4) is 0 Å². The fourth-order valence-corrected chi connectivity index (χ4v) is 3.23. The zero-order valence-electron chi connectivity index (χ0n) is 9.76. The molecule has 1 atom stereocenters. The minimum Gasteiger partial charge on any atom is -0.207 e. The van der Waals surface area contributed by atoms with Crippen molar-refractivity contribution in [3.8, 4) is 0 Å². The first kappa shape index (κ1) is 13.0. The van der Waals surface area contributed by atoms with E-state index in [4.69, 9.17) is 0 Å². The summed E-state index contributed by atoms with van der Waals surface area (Å²) >= 11 is 3.51. The quantitative estimate of drug-likeness (QED) is 0.656. The first-order chi connectivity index (χ1) is 8.16. The zero-order chi connectivity index (χ0) is 12.3. The first-order valence-corrected chi connectivity index (χ1v) is 7.17. The molecule has 0 bridgehead atoms. The van der Waals surface area contributed by atoms with Crippen LogP contribution in [0.5, 0.6) is 0 Å². The lowest BCUT2D eigenvalue weighted by molar-refractivity contribution is 0.478. The average Bonchev–Trinajstić information content (AvgIpc) is 2.78. The third kappa shape index (κ3) is 3.51. The van der Waals surface area contributed by atoms with Gasteiger partial charge in [0.15, 0.2) is 0 Å². The summed E-state index contributed by atoms with van der Waals surface area (Å²) in [6, 6.07) is 3.82. The number of alkyl halides is 1. The Morgan fingerprint density at radius 1 is 1.24 bits per heavy atom. The molecule has 1 aromatic rings. The maximum Gasteiger partial charge on any atom is 0.130 e. The SMILES string of the molecule is Fc1ccc(C(Br)CCC2CCCC2)c(F)c1. The van der Waals surface area contributed by atoms with Crippen LogP contribution in [0.1, 0.15) is 48.9 Å². The molecule has 0 saturated heterocycles. The van der Waals surface area contributed by atoms with Crippen molar-refractivity contribution in [2.24, 2.45) is 5.92 Å². The Morgan fingerprint density at radius 3 is 2.59 bits per heavy atom. The van der Waals surface area contributed by atoms with Crippen LogP contribution in [-0.2, 0) is 0 Å². The maximum atomic E-state index is 13.5. The monoisotopic (exact) mass is 302 g/mol. The van der Waals surface area contributed by atoms with Gasteiger partial charge in [-0.2, -0.15) is 0 Å². The summed E-state index contributed by atoms with van der Waals surface area (Å²) in [6.07, 6.45) is 7.35. The molecule has 17 heavy (non-hydrogen) atoms. The molecule has 1 fully saturated rings. The molecule has 0 N–H and O–H groups in total. The highest BCUT2D eigenvalue weighted by molar-refractivity contribution is 9.09. The zero-order valence-corrected chi connectivity index (χ0v) is 11.3. The predicted molar refractivity (Wildman–Crippen MR) is 69.2 cm³/mol. The van der Waals surface area contributed by atoms with Crippen LogP contribution in [0.15, 0.2) is 18.2 Å². The normalized spacial score (nSPS) is 18.5. The summed E-state index contributed by atoms with van der Waals surface area (Å²) in [5, 5.41) is 0.